The number of carbonyl (C=O) groups excluding carboxylic acids is 1. The molecule has 0 bridgehead atoms. The molecule has 0 unspecified atom stereocenters. The first kappa shape index (κ1) is 14.2. The lowest BCUT2D eigenvalue weighted by Gasteiger charge is -2.14. The van der Waals surface area contributed by atoms with Gasteiger partial charge in [0, 0.05) is 24.0 Å². The standard InChI is InChI=1S/C15H16FN5O/c1-10(7-21-9-17-8-18-21)19-15(22)14-6-11-5-12(16)3-4-13(11)20(14)2/h3-6,8-10H,7H2,1-2H3,(H,19,22)/t10-/m1/s1. The predicted molar refractivity (Wildman–Crippen MR) is 79.8 cm³/mol. The molecule has 0 aliphatic carbocycles. The van der Waals surface area contributed by atoms with E-state index in [1.54, 1.807) is 34.8 Å². The predicted octanol–water partition coefficient (Wildman–Crippen LogP) is 1.73. The molecule has 0 saturated heterocycles. The number of benzene rings is 1. The second-order valence-electron chi connectivity index (χ2n) is 5.28. The van der Waals surface area contributed by atoms with Crippen LogP contribution in [0.3, 0.4) is 0 Å². The van der Waals surface area contributed by atoms with E-state index >= 15 is 0 Å². The van der Waals surface area contributed by atoms with Crippen LogP contribution < -0.4 is 5.32 Å². The van der Waals surface area contributed by atoms with Crippen molar-refractivity contribution in [1.82, 2.24) is 24.6 Å². The topological polar surface area (TPSA) is 64.7 Å². The van der Waals surface area contributed by atoms with Gasteiger partial charge in [-0.2, -0.15) is 5.10 Å². The Bertz CT molecular complexity index is 809. The minimum Gasteiger partial charge on any atom is -0.346 e. The zero-order valence-electron chi connectivity index (χ0n) is 12.3. The molecule has 0 saturated carbocycles. The molecule has 6 nitrogen and oxygen atoms in total. The summed E-state index contributed by atoms with van der Waals surface area (Å²) in [5.74, 6) is -0.517. The molecule has 7 heteroatoms. The number of halogens is 1. The molecule has 22 heavy (non-hydrogen) atoms. The van der Waals surface area contributed by atoms with Gasteiger partial charge >= 0.3 is 0 Å². The summed E-state index contributed by atoms with van der Waals surface area (Å²) in [5, 5.41) is 7.62. The number of amides is 1. The lowest BCUT2D eigenvalue weighted by Crippen LogP contribution is -2.36. The van der Waals surface area contributed by atoms with Gasteiger partial charge in [0.05, 0.1) is 6.54 Å². The van der Waals surface area contributed by atoms with Crippen molar-refractivity contribution in [2.45, 2.75) is 19.5 Å². The van der Waals surface area contributed by atoms with Crippen LogP contribution in [0.25, 0.3) is 10.9 Å². The Balaban J connectivity index is 1.78. The summed E-state index contributed by atoms with van der Waals surface area (Å²) in [5.41, 5.74) is 1.31. The summed E-state index contributed by atoms with van der Waals surface area (Å²) in [7, 11) is 1.79. The van der Waals surface area contributed by atoms with Crippen molar-refractivity contribution < 1.29 is 9.18 Å². The van der Waals surface area contributed by atoms with Gasteiger partial charge in [-0.3, -0.25) is 9.48 Å². The first-order valence-corrected chi connectivity index (χ1v) is 6.93. The zero-order chi connectivity index (χ0) is 15.7. The molecule has 0 fully saturated rings. The molecule has 1 N–H and O–H groups in total. The Morgan fingerprint density at radius 3 is 2.95 bits per heavy atom. The molecule has 0 aliphatic heterocycles. The van der Waals surface area contributed by atoms with Gasteiger partial charge in [0.2, 0.25) is 0 Å². The van der Waals surface area contributed by atoms with Crippen LogP contribution in [0, 0.1) is 5.82 Å². The number of nitrogens with zero attached hydrogens (tertiary/aromatic N) is 4. The molecular formula is C15H16FN5O. The van der Waals surface area contributed by atoms with Crippen molar-refractivity contribution in [2.75, 3.05) is 0 Å². The van der Waals surface area contributed by atoms with E-state index in [0.717, 1.165) is 5.52 Å². The second kappa shape index (κ2) is 5.59. The van der Waals surface area contributed by atoms with Gasteiger partial charge in [-0.15, -0.1) is 0 Å². The fourth-order valence-corrected chi connectivity index (χ4v) is 2.49. The Morgan fingerprint density at radius 1 is 1.41 bits per heavy atom. The SMILES string of the molecule is C[C@H](Cn1cncn1)NC(=O)c1cc2cc(F)ccc2n1C. The lowest BCUT2D eigenvalue weighted by atomic mass is 10.2. The lowest BCUT2D eigenvalue weighted by molar-refractivity contribution is 0.0928. The monoisotopic (exact) mass is 301 g/mol. The van der Waals surface area contributed by atoms with Crippen molar-refractivity contribution in [3.05, 3.63) is 48.4 Å². The number of hydrogen-bond donors (Lipinski definition) is 1. The molecule has 3 rings (SSSR count). The fourth-order valence-electron chi connectivity index (χ4n) is 2.49. The molecule has 1 aromatic carbocycles. The molecule has 0 radical (unpaired) electrons. The third-order valence-corrected chi connectivity index (χ3v) is 3.54. The Morgan fingerprint density at radius 2 is 2.23 bits per heavy atom. The smallest absolute Gasteiger partial charge is 0.268 e. The first-order valence-electron chi connectivity index (χ1n) is 6.93. The summed E-state index contributed by atoms with van der Waals surface area (Å²) in [6, 6.07) is 6.06. The van der Waals surface area contributed by atoms with E-state index in [9.17, 15) is 9.18 Å². The summed E-state index contributed by atoms with van der Waals surface area (Å²) in [4.78, 5) is 16.3. The minimum atomic E-state index is -0.315. The minimum absolute atomic E-state index is 0.107. The van der Waals surface area contributed by atoms with E-state index in [2.05, 4.69) is 15.4 Å². The first-order chi connectivity index (χ1) is 10.5. The van der Waals surface area contributed by atoms with Crippen LogP contribution in [-0.2, 0) is 13.6 Å². The molecule has 3 aromatic rings. The van der Waals surface area contributed by atoms with E-state index in [0.29, 0.717) is 17.6 Å². The van der Waals surface area contributed by atoms with Crippen molar-refractivity contribution in [1.29, 1.82) is 0 Å². The summed E-state index contributed by atoms with van der Waals surface area (Å²) >= 11 is 0. The van der Waals surface area contributed by atoms with Crippen molar-refractivity contribution >= 4 is 16.8 Å². The highest BCUT2D eigenvalue weighted by molar-refractivity contribution is 5.98. The molecule has 114 valence electrons. The third kappa shape index (κ3) is 2.69. The van der Waals surface area contributed by atoms with Gasteiger partial charge in [-0.05, 0) is 31.2 Å². The van der Waals surface area contributed by atoms with Gasteiger partial charge in [-0.1, -0.05) is 0 Å². The van der Waals surface area contributed by atoms with Crippen LogP contribution in [0.4, 0.5) is 4.39 Å². The summed E-state index contributed by atoms with van der Waals surface area (Å²) in [6.45, 7) is 2.42. The average molecular weight is 301 g/mol. The second-order valence-corrected chi connectivity index (χ2v) is 5.28. The van der Waals surface area contributed by atoms with Gasteiger partial charge in [0.15, 0.2) is 0 Å². The van der Waals surface area contributed by atoms with E-state index in [4.69, 9.17) is 0 Å². The van der Waals surface area contributed by atoms with Gasteiger partial charge in [-0.25, -0.2) is 9.37 Å². The average Bonchev–Trinajstić information content (AvgIpc) is 3.07. The maximum Gasteiger partial charge on any atom is 0.268 e. The van der Waals surface area contributed by atoms with Gasteiger partial charge in [0.25, 0.3) is 5.91 Å². The summed E-state index contributed by atoms with van der Waals surface area (Å²) < 4.78 is 16.7. The van der Waals surface area contributed by atoms with Crippen molar-refractivity contribution in [3.8, 4) is 0 Å². The number of aromatic nitrogens is 4. The van der Waals surface area contributed by atoms with Crippen LogP contribution in [0.15, 0.2) is 36.9 Å². The molecular weight excluding hydrogens is 285 g/mol. The van der Waals surface area contributed by atoms with Crippen molar-refractivity contribution in [2.24, 2.45) is 7.05 Å². The van der Waals surface area contributed by atoms with Crippen LogP contribution in [0.1, 0.15) is 17.4 Å². The maximum absolute atomic E-state index is 13.3. The molecule has 2 aromatic heterocycles. The fraction of sp³-hybridized carbons (Fsp3) is 0.267. The molecule has 1 atom stereocenters. The number of fused-ring (bicyclic) bond motifs is 1. The number of nitrogens with one attached hydrogen (secondary N) is 1. The van der Waals surface area contributed by atoms with Crippen LogP contribution in [0.2, 0.25) is 0 Å². The number of carbonyl (C=O) groups is 1. The highest BCUT2D eigenvalue weighted by Crippen LogP contribution is 2.19. The quantitative estimate of drug-likeness (QED) is 0.798. The maximum atomic E-state index is 13.3. The van der Waals surface area contributed by atoms with Gasteiger partial charge in [0.1, 0.15) is 24.2 Å². The van der Waals surface area contributed by atoms with Crippen LogP contribution in [0.5, 0.6) is 0 Å². The number of rotatable bonds is 4. The highest BCUT2D eigenvalue weighted by Gasteiger charge is 2.16. The highest BCUT2D eigenvalue weighted by atomic mass is 19.1. The number of aryl methyl sites for hydroxylation is 1. The Hall–Kier alpha value is -2.70. The Labute approximate surface area is 126 Å². The molecule has 1 amide bonds. The van der Waals surface area contributed by atoms with E-state index in [1.807, 2.05) is 6.92 Å². The molecule has 0 aliphatic rings. The normalized spacial score (nSPS) is 12.5. The Kier molecular flexibility index (Phi) is 3.62. The van der Waals surface area contributed by atoms with Crippen LogP contribution in [-0.4, -0.2) is 31.3 Å². The van der Waals surface area contributed by atoms with Gasteiger partial charge < -0.3 is 9.88 Å². The van der Waals surface area contributed by atoms with E-state index in [-0.39, 0.29) is 17.8 Å². The molecule has 2 heterocycles. The van der Waals surface area contributed by atoms with Crippen LogP contribution >= 0.6 is 0 Å². The third-order valence-electron chi connectivity index (χ3n) is 3.54. The molecule has 0 spiro atoms. The zero-order valence-corrected chi connectivity index (χ0v) is 12.3. The van der Waals surface area contributed by atoms with E-state index in [1.165, 1.54) is 18.5 Å². The number of hydrogen-bond acceptors (Lipinski definition) is 3. The largest absolute Gasteiger partial charge is 0.346 e. The van der Waals surface area contributed by atoms with Crippen molar-refractivity contribution in [3.63, 3.8) is 0 Å². The van der Waals surface area contributed by atoms with E-state index < -0.39 is 0 Å². The summed E-state index contributed by atoms with van der Waals surface area (Å²) in [6.07, 6.45) is 3.05.